The van der Waals surface area contributed by atoms with Gasteiger partial charge in [0.1, 0.15) is 5.56 Å². The molecule has 1 aromatic carbocycles. The third-order valence-corrected chi connectivity index (χ3v) is 2.14. The van der Waals surface area contributed by atoms with Crippen LogP contribution in [0.15, 0.2) is 30.4 Å². The third-order valence-electron chi connectivity index (χ3n) is 2.14. The molecule has 1 amide bonds. The molecule has 0 spiro atoms. The number of carbonyl (C=O) groups excluding carboxylic acids is 1. The van der Waals surface area contributed by atoms with Crippen LogP contribution in [0.1, 0.15) is 22.8 Å². The van der Waals surface area contributed by atoms with E-state index in [1.54, 1.807) is 19.9 Å². The van der Waals surface area contributed by atoms with E-state index in [9.17, 15) is 14.9 Å². The molecule has 0 fully saturated rings. The van der Waals surface area contributed by atoms with Gasteiger partial charge in [-0.25, -0.2) is 0 Å². The van der Waals surface area contributed by atoms with E-state index in [1.165, 1.54) is 12.1 Å². The van der Waals surface area contributed by atoms with Gasteiger partial charge in [-0.3, -0.25) is 14.9 Å². The molecule has 0 radical (unpaired) electrons. The second-order valence-electron chi connectivity index (χ2n) is 3.92. The van der Waals surface area contributed by atoms with Crippen molar-refractivity contribution in [3.63, 3.8) is 0 Å². The van der Waals surface area contributed by atoms with Crippen LogP contribution in [0.5, 0.6) is 0 Å². The number of carbonyl (C=O) groups is 1. The predicted molar refractivity (Wildman–Crippen MR) is 65.0 cm³/mol. The smallest absolute Gasteiger partial charge is 0.282 e. The number of rotatable bonds is 4. The lowest BCUT2D eigenvalue weighted by molar-refractivity contribution is -0.385. The fraction of sp³-hybridized carbons (Fsp3) is 0.250. The van der Waals surface area contributed by atoms with Crippen molar-refractivity contribution in [3.05, 3.63) is 51.6 Å². The summed E-state index contributed by atoms with van der Waals surface area (Å²) in [5, 5.41) is 13.4. The van der Waals surface area contributed by atoms with E-state index in [4.69, 9.17) is 0 Å². The minimum Gasteiger partial charge on any atom is -0.348 e. The molecule has 1 aromatic rings. The zero-order chi connectivity index (χ0) is 13.0. The summed E-state index contributed by atoms with van der Waals surface area (Å²) in [7, 11) is 0. The van der Waals surface area contributed by atoms with Gasteiger partial charge in [0.25, 0.3) is 11.6 Å². The van der Waals surface area contributed by atoms with E-state index in [1.807, 2.05) is 0 Å². The Labute approximate surface area is 99.3 Å². The number of amides is 1. The van der Waals surface area contributed by atoms with E-state index in [2.05, 4.69) is 11.9 Å². The number of nitro groups is 1. The molecule has 0 aliphatic carbocycles. The van der Waals surface area contributed by atoms with Crippen LogP contribution in [0, 0.1) is 17.0 Å². The van der Waals surface area contributed by atoms with Gasteiger partial charge in [-0.15, -0.1) is 0 Å². The molecule has 0 unspecified atom stereocenters. The van der Waals surface area contributed by atoms with Crippen LogP contribution >= 0.6 is 0 Å². The van der Waals surface area contributed by atoms with Crippen molar-refractivity contribution in [1.82, 2.24) is 5.32 Å². The van der Waals surface area contributed by atoms with Gasteiger partial charge in [-0.2, -0.15) is 0 Å². The first-order valence-electron chi connectivity index (χ1n) is 5.09. The highest BCUT2D eigenvalue weighted by molar-refractivity contribution is 5.98. The number of nitrogens with zero attached hydrogens (tertiary/aromatic N) is 1. The summed E-state index contributed by atoms with van der Waals surface area (Å²) in [6, 6.07) is 4.45. The molecule has 0 bridgehead atoms. The van der Waals surface area contributed by atoms with Crippen molar-refractivity contribution in [2.75, 3.05) is 6.54 Å². The summed E-state index contributed by atoms with van der Waals surface area (Å²) in [5.41, 5.74) is 1.48. The molecule has 0 aromatic heterocycles. The highest BCUT2D eigenvalue weighted by Gasteiger charge is 2.19. The van der Waals surface area contributed by atoms with Crippen LogP contribution in [0.3, 0.4) is 0 Å². The van der Waals surface area contributed by atoms with Crippen molar-refractivity contribution >= 4 is 11.6 Å². The molecule has 1 rings (SSSR count). The summed E-state index contributed by atoms with van der Waals surface area (Å²) in [6.45, 7) is 7.50. The standard InChI is InChI=1S/C12H14N2O3/c1-8(2)7-13-12(15)10-6-9(3)4-5-11(10)14(16)17/h4-6H,1,7H2,2-3H3,(H,13,15). The first-order valence-corrected chi connectivity index (χ1v) is 5.09. The van der Waals surface area contributed by atoms with Crippen molar-refractivity contribution < 1.29 is 9.72 Å². The Balaban J connectivity index is 3.02. The van der Waals surface area contributed by atoms with E-state index in [-0.39, 0.29) is 11.3 Å². The zero-order valence-corrected chi connectivity index (χ0v) is 9.82. The van der Waals surface area contributed by atoms with Gasteiger partial charge in [0.2, 0.25) is 0 Å². The van der Waals surface area contributed by atoms with Gasteiger partial charge in [-0.05, 0) is 25.5 Å². The maximum Gasteiger partial charge on any atom is 0.282 e. The SMILES string of the molecule is C=C(C)CNC(=O)c1cc(C)ccc1[N+](=O)[O-]. The summed E-state index contributed by atoms with van der Waals surface area (Å²) in [5.74, 6) is -0.455. The summed E-state index contributed by atoms with van der Waals surface area (Å²) >= 11 is 0. The van der Waals surface area contributed by atoms with E-state index in [0.717, 1.165) is 11.1 Å². The van der Waals surface area contributed by atoms with Crippen LogP contribution in [0.2, 0.25) is 0 Å². The molecule has 5 nitrogen and oxygen atoms in total. The maximum atomic E-state index is 11.8. The topological polar surface area (TPSA) is 72.2 Å². The van der Waals surface area contributed by atoms with Gasteiger partial charge in [0, 0.05) is 12.6 Å². The molecule has 1 N–H and O–H groups in total. The Morgan fingerprint density at radius 2 is 2.18 bits per heavy atom. The third kappa shape index (κ3) is 3.41. The van der Waals surface area contributed by atoms with Crippen LogP contribution in [0.25, 0.3) is 0 Å². The molecule has 0 aliphatic rings. The number of nitrogens with one attached hydrogen (secondary N) is 1. The molecule has 90 valence electrons. The summed E-state index contributed by atoms with van der Waals surface area (Å²) in [6.07, 6.45) is 0. The van der Waals surface area contributed by atoms with Crippen LogP contribution in [0.4, 0.5) is 5.69 Å². The Morgan fingerprint density at radius 1 is 1.53 bits per heavy atom. The number of benzene rings is 1. The van der Waals surface area contributed by atoms with Crippen molar-refractivity contribution in [2.45, 2.75) is 13.8 Å². The summed E-state index contributed by atoms with van der Waals surface area (Å²) < 4.78 is 0. The number of hydrogen-bond acceptors (Lipinski definition) is 3. The molecule has 0 atom stereocenters. The molecular weight excluding hydrogens is 220 g/mol. The molecule has 17 heavy (non-hydrogen) atoms. The fourth-order valence-corrected chi connectivity index (χ4v) is 1.32. The monoisotopic (exact) mass is 234 g/mol. The number of hydrogen-bond donors (Lipinski definition) is 1. The highest BCUT2D eigenvalue weighted by atomic mass is 16.6. The Hall–Kier alpha value is -2.17. The van der Waals surface area contributed by atoms with E-state index >= 15 is 0 Å². The first-order chi connectivity index (χ1) is 7.91. The quantitative estimate of drug-likeness (QED) is 0.493. The van der Waals surface area contributed by atoms with Crippen LogP contribution in [-0.4, -0.2) is 17.4 Å². The lowest BCUT2D eigenvalue weighted by Gasteiger charge is -2.06. The minimum atomic E-state index is -0.560. The Morgan fingerprint density at radius 3 is 2.71 bits per heavy atom. The molecule has 5 heteroatoms. The fourth-order valence-electron chi connectivity index (χ4n) is 1.32. The van der Waals surface area contributed by atoms with Gasteiger partial charge >= 0.3 is 0 Å². The average molecular weight is 234 g/mol. The van der Waals surface area contributed by atoms with E-state index in [0.29, 0.717) is 6.54 Å². The molecular formula is C12H14N2O3. The second kappa shape index (κ2) is 5.25. The normalized spacial score (nSPS) is 9.76. The highest BCUT2D eigenvalue weighted by Crippen LogP contribution is 2.19. The van der Waals surface area contributed by atoms with Crippen LogP contribution < -0.4 is 5.32 Å². The predicted octanol–water partition coefficient (Wildman–Crippen LogP) is 2.21. The van der Waals surface area contributed by atoms with Gasteiger partial charge in [0.15, 0.2) is 0 Å². The van der Waals surface area contributed by atoms with Crippen molar-refractivity contribution in [2.24, 2.45) is 0 Å². The first kappa shape index (κ1) is 12.9. The zero-order valence-electron chi connectivity index (χ0n) is 9.82. The number of nitro benzene ring substituents is 1. The number of aryl methyl sites for hydroxylation is 1. The maximum absolute atomic E-state index is 11.8. The Bertz CT molecular complexity index is 481. The molecule has 0 heterocycles. The second-order valence-corrected chi connectivity index (χ2v) is 3.92. The summed E-state index contributed by atoms with van der Waals surface area (Å²) in [4.78, 5) is 22.0. The largest absolute Gasteiger partial charge is 0.348 e. The van der Waals surface area contributed by atoms with Gasteiger partial charge < -0.3 is 5.32 Å². The molecule has 0 aliphatic heterocycles. The molecule has 0 saturated heterocycles. The van der Waals surface area contributed by atoms with Gasteiger partial charge in [-0.1, -0.05) is 18.2 Å². The lowest BCUT2D eigenvalue weighted by atomic mass is 10.1. The van der Waals surface area contributed by atoms with Crippen molar-refractivity contribution in [3.8, 4) is 0 Å². The minimum absolute atomic E-state index is 0.0799. The van der Waals surface area contributed by atoms with Crippen molar-refractivity contribution in [1.29, 1.82) is 0 Å². The lowest BCUT2D eigenvalue weighted by Crippen LogP contribution is -2.25. The van der Waals surface area contributed by atoms with Crippen LogP contribution in [-0.2, 0) is 0 Å². The van der Waals surface area contributed by atoms with E-state index < -0.39 is 10.8 Å². The van der Waals surface area contributed by atoms with Gasteiger partial charge in [0.05, 0.1) is 4.92 Å². The molecule has 0 saturated carbocycles. The Kier molecular flexibility index (Phi) is 3.98. The average Bonchev–Trinajstić information content (AvgIpc) is 2.25.